The molecule has 1 aromatic carbocycles. The second-order valence-corrected chi connectivity index (χ2v) is 4.26. The van der Waals surface area contributed by atoms with Crippen LogP contribution in [-0.4, -0.2) is 15.1 Å². The Morgan fingerprint density at radius 1 is 1.31 bits per heavy atom. The minimum absolute atomic E-state index is 0.0797. The van der Waals surface area contributed by atoms with E-state index in [9.17, 15) is 0 Å². The fourth-order valence-corrected chi connectivity index (χ4v) is 1.73. The molecule has 0 aliphatic rings. The van der Waals surface area contributed by atoms with Crippen LogP contribution in [0, 0.1) is 6.92 Å². The Bertz CT molecular complexity index is 523. The Labute approximate surface area is 103 Å². The van der Waals surface area contributed by atoms with Gasteiger partial charge in [-0.3, -0.25) is 0 Å². The first-order valence-electron chi connectivity index (χ1n) is 4.73. The number of hydrogen-bond acceptors (Lipinski definition) is 2. The Kier molecular flexibility index (Phi) is 3.19. The molecule has 2 aromatic rings. The van der Waals surface area contributed by atoms with Crippen molar-refractivity contribution in [3.05, 3.63) is 39.6 Å². The third-order valence-corrected chi connectivity index (χ3v) is 3.07. The maximum Gasteiger partial charge on any atom is 0.137 e. The van der Waals surface area contributed by atoms with E-state index in [0.717, 1.165) is 11.3 Å². The van der Waals surface area contributed by atoms with Gasteiger partial charge in [0.25, 0.3) is 0 Å². The number of imidazole rings is 1. The normalized spacial score (nSPS) is 10.8. The van der Waals surface area contributed by atoms with Crippen LogP contribution in [-0.2, 0) is 6.61 Å². The maximum atomic E-state index is 9.05. The van der Waals surface area contributed by atoms with Gasteiger partial charge in [-0.1, -0.05) is 23.2 Å². The molecule has 0 saturated heterocycles. The van der Waals surface area contributed by atoms with Crippen LogP contribution >= 0.6 is 23.2 Å². The monoisotopic (exact) mass is 256 g/mol. The predicted molar refractivity (Wildman–Crippen MR) is 64.7 cm³/mol. The molecule has 0 aliphatic carbocycles. The van der Waals surface area contributed by atoms with Crippen LogP contribution in [0.25, 0.3) is 11.4 Å². The second-order valence-electron chi connectivity index (χ2n) is 3.44. The van der Waals surface area contributed by atoms with E-state index in [1.807, 2.05) is 13.0 Å². The van der Waals surface area contributed by atoms with Crippen molar-refractivity contribution in [1.82, 2.24) is 9.97 Å². The zero-order chi connectivity index (χ0) is 11.7. The molecule has 0 fully saturated rings. The lowest BCUT2D eigenvalue weighted by Gasteiger charge is -1.99. The van der Waals surface area contributed by atoms with E-state index in [-0.39, 0.29) is 6.61 Å². The van der Waals surface area contributed by atoms with Gasteiger partial charge in [-0.25, -0.2) is 4.98 Å². The molecule has 5 heteroatoms. The molecule has 0 unspecified atom stereocenters. The van der Waals surface area contributed by atoms with Crippen LogP contribution < -0.4 is 0 Å². The highest BCUT2D eigenvalue weighted by molar-refractivity contribution is 6.42. The summed E-state index contributed by atoms with van der Waals surface area (Å²) < 4.78 is 0. The van der Waals surface area contributed by atoms with Gasteiger partial charge in [-0.05, 0) is 25.1 Å². The highest BCUT2D eigenvalue weighted by atomic mass is 35.5. The standard InChI is InChI=1S/C11H10Cl2N2O/c1-6-10(5-16)15-11(14-6)7-2-3-8(12)9(13)4-7/h2-4,16H,5H2,1H3,(H,14,15). The predicted octanol–water partition coefficient (Wildman–Crippen LogP) is 3.18. The van der Waals surface area contributed by atoms with Gasteiger partial charge in [0.1, 0.15) is 5.82 Å². The largest absolute Gasteiger partial charge is 0.390 e. The Hall–Kier alpha value is -1.03. The zero-order valence-electron chi connectivity index (χ0n) is 8.59. The van der Waals surface area contributed by atoms with Gasteiger partial charge < -0.3 is 10.1 Å². The van der Waals surface area contributed by atoms with Crippen LogP contribution in [0.5, 0.6) is 0 Å². The maximum absolute atomic E-state index is 9.05. The summed E-state index contributed by atoms with van der Waals surface area (Å²) in [4.78, 5) is 7.35. The molecule has 1 heterocycles. The summed E-state index contributed by atoms with van der Waals surface area (Å²) in [6.07, 6.45) is 0. The highest BCUT2D eigenvalue weighted by Gasteiger charge is 2.08. The molecule has 2 rings (SSSR count). The smallest absolute Gasteiger partial charge is 0.137 e. The van der Waals surface area contributed by atoms with Gasteiger partial charge in [0.05, 0.1) is 22.3 Å². The fourth-order valence-electron chi connectivity index (χ4n) is 1.43. The summed E-state index contributed by atoms with van der Waals surface area (Å²) in [7, 11) is 0. The third kappa shape index (κ3) is 2.07. The number of nitrogens with one attached hydrogen (secondary N) is 1. The zero-order valence-corrected chi connectivity index (χ0v) is 10.1. The minimum Gasteiger partial charge on any atom is -0.390 e. The molecular weight excluding hydrogens is 247 g/mol. The van der Waals surface area contributed by atoms with Gasteiger partial charge in [-0.2, -0.15) is 0 Å². The number of aliphatic hydroxyl groups excluding tert-OH is 1. The summed E-state index contributed by atoms with van der Waals surface area (Å²) in [6, 6.07) is 5.28. The highest BCUT2D eigenvalue weighted by Crippen LogP contribution is 2.27. The first-order chi connectivity index (χ1) is 7.61. The van der Waals surface area contributed by atoms with E-state index in [0.29, 0.717) is 21.6 Å². The van der Waals surface area contributed by atoms with E-state index < -0.39 is 0 Å². The fraction of sp³-hybridized carbons (Fsp3) is 0.182. The van der Waals surface area contributed by atoms with E-state index in [1.54, 1.807) is 12.1 Å². The van der Waals surface area contributed by atoms with Crippen molar-refractivity contribution in [2.45, 2.75) is 13.5 Å². The summed E-state index contributed by atoms with van der Waals surface area (Å²) in [6.45, 7) is 1.78. The molecule has 2 N–H and O–H groups in total. The second kappa shape index (κ2) is 4.45. The van der Waals surface area contributed by atoms with E-state index in [1.165, 1.54) is 0 Å². The lowest BCUT2D eigenvalue weighted by molar-refractivity contribution is 0.276. The summed E-state index contributed by atoms with van der Waals surface area (Å²) in [5.74, 6) is 0.681. The molecule has 0 aliphatic heterocycles. The number of aromatic amines is 1. The Balaban J connectivity index is 2.46. The summed E-state index contributed by atoms with van der Waals surface area (Å²) in [5.41, 5.74) is 2.34. The summed E-state index contributed by atoms with van der Waals surface area (Å²) in [5, 5.41) is 10.0. The number of rotatable bonds is 2. The summed E-state index contributed by atoms with van der Waals surface area (Å²) >= 11 is 11.8. The topological polar surface area (TPSA) is 48.9 Å². The molecule has 0 atom stereocenters. The minimum atomic E-state index is -0.0797. The van der Waals surface area contributed by atoms with Gasteiger partial charge in [0.15, 0.2) is 0 Å². The van der Waals surface area contributed by atoms with E-state index in [2.05, 4.69) is 9.97 Å². The van der Waals surface area contributed by atoms with Crippen molar-refractivity contribution >= 4 is 23.2 Å². The number of H-pyrrole nitrogens is 1. The Morgan fingerprint density at radius 2 is 2.06 bits per heavy atom. The molecule has 0 bridgehead atoms. The van der Waals surface area contributed by atoms with Crippen molar-refractivity contribution in [3.63, 3.8) is 0 Å². The van der Waals surface area contributed by atoms with Crippen LogP contribution in [0.2, 0.25) is 10.0 Å². The molecule has 0 saturated carbocycles. The number of benzene rings is 1. The molecule has 16 heavy (non-hydrogen) atoms. The lowest BCUT2D eigenvalue weighted by Crippen LogP contribution is -1.85. The average molecular weight is 257 g/mol. The van der Waals surface area contributed by atoms with Crippen molar-refractivity contribution in [3.8, 4) is 11.4 Å². The van der Waals surface area contributed by atoms with Crippen molar-refractivity contribution < 1.29 is 5.11 Å². The van der Waals surface area contributed by atoms with Crippen LogP contribution in [0.15, 0.2) is 18.2 Å². The van der Waals surface area contributed by atoms with E-state index in [4.69, 9.17) is 28.3 Å². The average Bonchev–Trinajstić information content (AvgIpc) is 2.64. The lowest BCUT2D eigenvalue weighted by atomic mass is 10.2. The van der Waals surface area contributed by atoms with Crippen molar-refractivity contribution in [2.75, 3.05) is 0 Å². The Morgan fingerprint density at radius 3 is 2.62 bits per heavy atom. The molecule has 1 aromatic heterocycles. The SMILES string of the molecule is Cc1[nH]c(-c2ccc(Cl)c(Cl)c2)nc1CO. The molecule has 3 nitrogen and oxygen atoms in total. The van der Waals surface area contributed by atoms with Crippen LogP contribution in [0.1, 0.15) is 11.4 Å². The number of aliphatic hydroxyl groups is 1. The number of hydrogen-bond donors (Lipinski definition) is 2. The van der Waals surface area contributed by atoms with Gasteiger partial charge in [0.2, 0.25) is 0 Å². The number of aromatic nitrogens is 2. The first-order valence-corrected chi connectivity index (χ1v) is 5.49. The molecular formula is C11H10Cl2N2O. The molecule has 84 valence electrons. The number of nitrogens with zero attached hydrogens (tertiary/aromatic N) is 1. The van der Waals surface area contributed by atoms with Gasteiger partial charge >= 0.3 is 0 Å². The van der Waals surface area contributed by atoms with E-state index >= 15 is 0 Å². The number of aryl methyl sites for hydroxylation is 1. The molecule has 0 amide bonds. The third-order valence-electron chi connectivity index (χ3n) is 2.33. The van der Waals surface area contributed by atoms with Crippen LogP contribution in [0.3, 0.4) is 0 Å². The quantitative estimate of drug-likeness (QED) is 0.867. The van der Waals surface area contributed by atoms with Crippen molar-refractivity contribution in [1.29, 1.82) is 0 Å². The van der Waals surface area contributed by atoms with Crippen molar-refractivity contribution in [2.24, 2.45) is 0 Å². The molecule has 0 spiro atoms. The van der Waals surface area contributed by atoms with Gasteiger partial charge in [-0.15, -0.1) is 0 Å². The molecule has 0 radical (unpaired) electrons. The number of halogens is 2. The van der Waals surface area contributed by atoms with Crippen LogP contribution in [0.4, 0.5) is 0 Å². The van der Waals surface area contributed by atoms with Gasteiger partial charge in [0, 0.05) is 11.3 Å². The first kappa shape index (κ1) is 11.5.